The van der Waals surface area contributed by atoms with E-state index in [2.05, 4.69) is 24.9 Å². The van der Waals surface area contributed by atoms with Gasteiger partial charge in [-0.15, -0.1) is 0 Å². The standard InChI is InChI=1S/C24H29N5O5/c1-24(2,3)34-23(31)29-13-16(14-29)28(4)15-6-8-17(9-7-15)33-18-10-11-19-20(12-18)26-21(25-19)27-22(30)32-5/h6-12,16H,13-14H2,1-5H3,(H2,25,26,27,30). The van der Waals surface area contributed by atoms with E-state index in [1.165, 1.54) is 7.11 Å². The maximum atomic E-state index is 12.1. The molecule has 10 heteroatoms. The molecule has 1 fully saturated rings. The molecule has 2 aromatic carbocycles. The van der Waals surface area contributed by atoms with Crippen LogP contribution in [0.3, 0.4) is 0 Å². The number of fused-ring (bicyclic) bond motifs is 1. The Hall–Kier alpha value is -3.95. The zero-order valence-electron chi connectivity index (χ0n) is 19.9. The molecule has 0 radical (unpaired) electrons. The van der Waals surface area contributed by atoms with Crippen molar-refractivity contribution in [2.45, 2.75) is 32.4 Å². The average molecular weight is 468 g/mol. The molecule has 1 aliphatic rings. The number of rotatable bonds is 5. The minimum atomic E-state index is -0.597. The molecule has 2 amide bonds. The van der Waals surface area contributed by atoms with Crippen LogP contribution in [0.15, 0.2) is 42.5 Å². The molecule has 34 heavy (non-hydrogen) atoms. The second-order valence-electron chi connectivity index (χ2n) is 9.13. The molecule has 2 heterocycles. The van der Waals surface area contributed by atoms with Crippen molar-refractivity contribution < 1.29 is 23.8 Å². The fraction of sp³-hybridized carbons (Fsp3) is 0.375. The highest BCUT2D eigenvalue weighted by molar-refractivity contribution is 5.86. The van der Waals surface area contributed by atoms with E-state index >= 15 is 0 Å². The van der Waals surface area contributed by atoms with Crippen LogP contribution in [-0.2, 0) is 9.47 Å². The van der Waals surface area contributed by atoms with E-state index in [4.69, 9.17) is 9.47 Å². The summed E-state index contributed by atoms with van der Waals surface area (Å²) in [6.45, 7) is 6.85. The Morgan fingerprint density at radius 3 is 2.44 bits per heavy atom. The first-order valence-electron chi connectivity index (χ1n) is 10.9. The number of amides is 2. The van der Waals surface area contributed by atoms with Gasteiger partial charge in [0.05, 0.1) is 24.2 Å². The first kappa shape index (κ1) is 23.2. The smallest absolute Gasteiger partial charge is 0.413 e. The van der Waals surface area contributed by atoms with Gasteiger partial charge in [0.1, 0.15) is 17.1 Å². The van der Waals surface area contributed by atoms with Crippen molar-refractivity contribution in [1.82, 2.24) is 14.9 Å². The van der Waals surface area contributed by atoms with Crippen molar-refractivity contribution in [1.29, 1.82) is 0 Å². The zero-order chi connectivity index (χ0) is 24.5. The molecule has 0 unspecified atom stereocenters. The van der Waals surface area contributed by atoms with Gasteiger partial charge < -0.3 is 29.0 Å². The summed E-state index contributed by atoms with van der Waals surface area (Å²) in [7, 11) is 3.30. The van der Waals surface area contributed by atoms with Crippen molar-refractivity contribution in [2.24, 2.45) is 0 Å². The molecule has 0 aliphatic carbocycles. The van der Waals surface area contributed by atoms with Crippen LogP contribution in [0, 0.1) is 0 Å². The number of benzene rings is 2. The van der Waals surface area contributed by atoms with E-state index < -0.39 is 11.7 Å². The third-order valence-corrected chi connectivity index (χ3v) is 5.40. The van der Waals surface area contributed by atoms with Gasteiger partial charge in [-0.25, -0.2) is 14.6 Å². The molecule has 10 nitrogen and oxygen atoms in total. The minimum Gasteiger partial charge on any atom is -0.457 e. The highest BCUT2D eigenvalue weighted by atomic mass is 16.6. The Morgan fingerprint density at radius 1 is 1.12 bits per heavy atom. The van der Waals surface area contributed by atoms with Crippen molar-refractivity contribution >= 4 is 34.9 Å². The van der Waals surface area contributed by atoms with Crippen LogP contribution in [0.2, 0.25) is 0 Å². The molecule has 0 bridgehead atoms. The number of methoxy groups -OCH3 is 1. The topological polar surface area (TPSA) is 109 Å². The van der Waals surface area contributed by atoms with Crippen LogP contribution in [0.25, 0.3) is 11.0 Å². The summed E-state index contributed by atoms with van der Waals surface area (Å²) in [4.78, 5) is 34.7. The normalized spacial score (nSPS) is 13.9. The monoisotopic (exact) mass is 467 g/mol. The lowest BCUT2D eigenvalue weighted by atomic mass is 10.1. The number of nitrogens with zero attached hydrogens (tertiary/aromatic N) is 3. The van der Waals surface area contributed by atoms with Crippen LogP contribution in [0.4, 0.5) is 21.2 Å². The Bertz CT molecular complexity index is 1180. The van der Waals surface area contributed by atoms with Gasteiger partial charge in [-0.2, -0.15) is 0 Å². The summed E-state index contributed by atoms with van der Waals surface area (Å²) >= 11 is 0. The quantitative estimate of drug-likeness (QED) is 0.565. The SMILES string of the molecule is COC(=O)Nc1nc2ccc(Oc3ccc(N(C)C4CN(C(=O)OC(C)(C)C)C4)cc3)cc2[nH]1. The van der Waals surface area contributed by atoms with Crippen molar-refractivity contribution in [3.63, 3.8) is 0 Å². The summed E-state index contributed by atoms with van der Waals surface area (Å²) in [5, 5.41) is 2.50. The van der Waals surface area contributed by atoms with Crippen LogP contribution in [0.5, 0.6) is 11.5 Å². The van der Waals surface area contributed by atoms with E-state index in [-0.39, 0.29) is 12.1 Å². The number of H-pyrrole nitrogens is 1. The third-order valence-electron chi connectivity index (χ3n) is 5.40. The van der Waals surface area contributed by atoms with Crippen LogP contribution >= 0.6 is 0 Å². The predicted octanol–water partition coefficient (Wildman–Crippen LogP) is 4.59. The van der Waals surface area contributed by atoms with E-state index in [1.807, 2.05) is 64.2 Å². The molecule has 2 N–H and O–H groups in total. The lowest BCUT2D eigenvalue weighted by Gasteiger charge is -2.44. The number of likely N-dealkylation sites (tertiary alicyclic amines) is 1. The number of aromatic nitrogens is 2. The maximum Gasteiger partial charge on any atom is 0.413 e. The summed E-state index contributed by atoms with van der Waals surface area (Å²) in [6.07, 6.45) is -0.872. The summed E-state index contributed by atoms with van der Waals surface area (Å²) in [5.74, 6) is 1.62. The molecule has 180 valence electrons. The van der Waals surface area contributed by atoms with Gasteiger partial charge in [-0.3, -0.25) is 5.32 Å². The van der Waals surface area contributed by atoms with E-state index in [1.54, 1.807) is 11.0 Å². The number of hydrogen-bond donors (Lipinski definition) is 2. The van der Waals surface area contributed by atoms with Gasteiger partial charge in [0, 0.05) is 31.9 Å². The number of carbonyl (C=O) groups is 2. The van der Waals surface area contributed by atoms with Gasteiger partial charge in [0.15, 0.2) is 0 Å². The van der Waals surface area contributed by atoms with Crippen LogP contribution in [0.1, 0.15) is 20.8 Å². The largest absolute Gasteiger partial charge is 0.457 e. The van der Waals surface area contributed by atoms with Crippen LogP contribution in [-0.4, -0.2) is 65.9 Å². The van der Waals surface area contributed by atoms with Gasteiger partial charge in [0.2, 0.25) is 5.95 Å². The number of hydrogen-bond acceptors (Lipinski definition) is 7. The van der Waals surface area contributed by atoms with E-state index in [0.29, 0.717) is 36.1 Å². The lowest BCUT2D eigenvalue weighted by molar-refractivity contribution is 0.00851. The first-order chi connectivity index (χ1) is 16.1. The Kier molecular flexibility index (Phi) is 6.23. The Morgan fingerprint density at radius 2 is 1.79 bits per heavy atom. The molecule has 0 saturated carbocycles. The second-order valence-corrected chi connectivity index (χ2v) is 9.13. The summed E-state index contributed by atoms with van der Waals surface area (Å²) < 4.78 is 16.0. The molecule has 3 aromatic rings. The molecular weight excluding hydrogens is 438 g/mol. The second kappa shape index (κ2) is 9.12. The third kappa shape index (κ3) is 5.33. The average Bonchev–Trinajstić information content (AvgIpc) is 3.13. The van der Waals surface area contributed by atoms with Crippen molar-refractivity contribution in [3.05, 3.63) is 42.5 Å². The number of carbonyl (C=O) groups excluding carboxylic acids is 2. The number of likely N-dealkylation sites (N-methyl/N-ethyl adjacent to an activating group) is 1. The van der Waals surface area contributed by atoms with E-state index in [0.717, 1.165) is 11.2 Å². The zero-order valence-corrected chi connectivity index (χ0v) is 19.9. The van der Waals surface area contributed by atoms with Crippen molar-refractivity contribution in [3.8, 4) is 11.5 Å². The highest BCUT2D eigenvalue weighted by Crippen LogP contribution is 2.29. The Balaban J connectivity index is 1.34. The fourth-order valence-electron chi connectivity index (χ4n) is 3.53. The highest BCUT2D eigenvalue weighted by Gasteiger charge is 2.36. The first-order valence-corrected chi connectivity index (χ1v) is 10.9. The van der Waals surface area contributed by atoms with Gasteiger partial charge >= 0.3 is 12.2 Å². The molecule has 1 saturated heterocycles. The molecule has 0 atom stereocenters. The van der Waals surface area contributed by atoms with Crippen LogP contribution < -0.4 is 15.0 Å². The van der Waals surface area contributed by atoms with Gasteiger partial charge in [-0.05, 0) is 57.2 Å². The number of nitrogens with one attached hydrogen (secondary N) is 2. The molecule has 4 rings (SSSR count). The summed E-state index contributed by atoms with van der Waals surface area (Å²) in [6, 6.07) is 13.4. The fourth-order valence-corrected chi connectivity index (χ4v) is 3.53. The van der Waals surface area contributed by atoms with Crippen molar-refractivity contribution in [2.75, 3.05) is 37.5 Å². The summed E-state index contributed by atoms with van der Waals surface area (Å²) in [5.41, 5.74) is 1.95. The Labute approximate surface area is 197 Å². The van der Waals surface area contributed by atoms with Gasteiger partial charge in [-0.1, -0.05) is 0 Å². The van der Waals surface area contributed by atoms with Gasteiger partial charge in [0.25, 0.3) is 0 Å². The molecule has 0 spiro atoms. The number of anilines is 2. The predicted molar refractivity (Wildman–Crippen MR) is 129 cm³/mol. The molecule has 1 aliphatic heterocycles. The number of imidazole rings is 1. The minimum absolute atomic E-state index is 0.231. The molecular formula is C24H29N5O5. The van der Waals surface area contributed by atoms with E-state index in [9.17, 15) is 9.59 Å². The number of ether oxygens (including phenoxy) is 3. The molecule has 1 aromatic heterocycles. The number of aromatic amines is 1. The lowest BCUT2D eigenvalue weighted by Crippen LogP contribution is -2.61. The maximum absolute atomic E-state index is 12.1.